The van der Waals surface area contributed by atoms with Crippen LogP contribution in [0.5, 0.6) is 0 Å². The molecule has 98 heavy (non-hydrogen) atoms. The minimum Gasteiger partial charge on any atom is -0.311 e. The highest BCUT2D eigenvalue weighted by molar-refractivity contribution is 7.00. The van der Waals surface area contributed by atoms with Crippen LogP contribution in [0.4, 0.5) is 34.1 Å². The van der Waals surface area contributed by atoms with Crippen molar-refractivity contribution in [3.8, 4) is 91.2 Å². The van der Waals surface area contributed by atoms with Gasteiger partial charge in [-0.15, -0.1) is 0 Å². The van der Waals surface area contributed by atoms with Gasteiger partial charge in [0.15, 0.2) is 34.9 Å². The van der Waals surface area contributed by atoms with Crippen molar-refractivity contribution in [1.82, 2.24) is 34.5 Å². The van der Waals surface area contributed by atoms with Gasteiger partial charge in [0.1, 0.15) is 0 Å². The quantitative estimate of drug-likeness (QED) is 0.124. The molecule has 10 nitrogen and oxygen atoms in total. The topological polar surface area (TPSA) is 113 Å². The van der Waals surface area contributed by atoms with Crippen LogP contribution >= 0.6 is 0 Å². The molecule has 15 aromatic rings. The van der Waals surface area contributed by atoms with Crippen LogP contribution in [-0.4, -0.2) is 41.2 Å². The van der Waals surface area contributed by atoms with Crippen LogP contribution < -0.4 is 26.2 Å². The summed E-state index contributed by atoms with van der Waals surface area (Å²) in [7, 11) is 0. The molecule has 2 aliphatic heterocycles. The third-order valence-corrected chi connectivity index (χ3v) is 19.2. The minimum absolute atomic E-state index is 0.0767. The van der Waals surface area contributed by atoms with Gasteiger partial charge in [-0.3, -0.25) is 0 Å². The van der Waals surface area contributed by atoms with Crippen molar-refractivity contribution < 1.29 is 0 Å². The Morgan fingerprint density at radius 2 is 0.735 bits per heavy atom. The number of anilines is 6. The van der Waals surface area contributed by atoms with E-state index in [4.69, 9.17) is 29.9 Å². The second-order valence-electron chi connectivity index (χ2n) is 27.5. The standard InChI is InChI=1S/C87H65BN10/c1-86(2,3)63-40-43-70-75(52-63)96(65-33-21-11-22-34-65)77-50-62(51-78-79(77)88(70)71-44-41-64(87(4,5)6)53-76(71)97(78)66-35-23-12-24-36-66)60-39-46-72-68(48-60)67-42-38-61(84-92-80(56-25-13-7-14-26-56)90-81(93-84)57-27-15-8-16-28-57)49-74(67)98(72)73-45-37-55(54-89)47-69(73)85-94-82(58-29-17-9-18-30-58)91-83(95-85)59-31-19-10-20-32-59/h7-53H,1-6H3. The van der Waals surface area contributed by atoms with Gasteiger partial charge in [0.25, 0.3) is 6.71 Å². The number of para-hydroxylation sites is 2. The van der Waals surface area contributed by atoms with Crippen molar-refractivity contribution in [1.29, 1.82) is 5.26 Å². The van der Waals surface area contributed by atoms with Gasteiger partial charge in [-0.1, -0.05) is 242 Å². The van der Waals surface area contributed by atoms with Gasteiger partial charge in [-0.2, -0.15) is 5.26 Å². The Kier molecular flexibility index (Phi) is 14.2. The molecule has 11 heteroatoms. The summed E-state index contributed by atoms with van der Waals surface area (Å²) < 4.78 is 2.29. The minimum atomic E-state index is -0.113. The van der Waals surface area contributed by atoms with E-state index in [2.05, 4.69) is 208 Å². The van der Waals surface area contributed by atoms with Gasteiger partial charge in [0.05, 0.1) is 28.4 Å². The summed E-state index contributed by atoms with van der Waals surface area (Å²) in [6, 6.07) is 103. The lowest BCUT2D eigenvalue weighted by molar-refractivity contribution is 0.590. The number of nitriles is 1. The molecule has 12 aromatic carbocycles. The third-order valence-electron chi connectivity index (χ3n) is 19.2. The summed E-state index contributed by atoms with van der Waals surface area (Å²) in [5, 5.41) is 12.8. The molecule has 0 fully saturated rings. The maximum atomic E-state index is 10.8. The molecule has 0 amide bonds. The lowest BCUT2D eigenvalue weighted by Gasteiger charge is -2.45. The maximum absolute atomic E-state index is 10.8. The molecule has 0 spiro atoms. The van der Waals surface area contributed by atoms with E-state index in [1.807, 2.05) is 140 Å². The van der Waals surface area contributed by atoms with Crippen molar-refractivity contribution in [2.75, 3.05) is 9.80 Å². The Morgan fingerprint density at radius 1 is 0.316 bits per heavy atom. The van der Waals surface area contributed by atoms with Crippen LogP contribution in [0.2, 0.25) is 0 Å². The molecule has 3 aromatic heterocycles. The molecule has 17 rings (SSSR count). The van der Waals surface area contributed by atoms with E-state index in [1.54, 1.807) is 0 Å². The van der Waals surface area contributed by atoms with Crippen molar-refractivity contribution in [2.24, 2.45) is 0 Å². The fraction of sp³-hybridized carbons (Fsp3) is 0.0920. The summed E-state index contributed by atoms with van der Waals surface area (Å²) in [4.78, 5) is 36.3. The summed E-state index contributed by atoms with van der Waals surface area (Å²) in [5.41, 5.74) is 22.9. The van der Waals surface area contributed by atoms with Crippen molar-refractivity contribution >= 4 is 79.0 Å². The largest absolute Gasteiger partial charge is 0.311 e. The predicted octanol–water partition coefficient (Wildman–Crippen LogP) is 19.4. The first-order chi connectivity index (χ1) is 47.8. The Labute approximate surface area is 570 Å². The highest BCUT2D eigenvalue weighted by Gasteiger charge is 2.44. The normalized spacial score (nSPS) is 12.5. The van der Waals surface area contributed by atoms with Gasteiger partial charge < -0.3 is 14.4 Å². The van der Waals surface area contributed by atoms with Crippen LogP contribution in [0.25, 0.3) is 107 Å². The van der Waals surface area contributed by atoms with Crippen LogP contribution in [0.1, 0.15) is 58.2 Å². The van der Waals surface area contributed by atoms with E-state index in [9.17, 15) is 5.26 Å². The summed E-state index contributed by atoms with van der Waals surface area (Å²) in [5.74, 6) is 3.10. The maximum Gasteiger partial charge on any atom is 0.252 e. The molecule has 0 unspecified atom stereocenters. The van der Waals surface area contributed by atoms with Crippen LogP contribution in [0.3, 0.4) is 0 Å². The van der Waals surface area contributed by atoms with Gasteiger partial charge in [0.2, 0.25) is 0 Å². The van der Waals surface area contributed by atoms with Crippen molar-refractivity contribution in [2.45, 2.75) is 52.4 Å². The SMILES string of the molecule is CC(C)(C)c1ccc2c(c1)N(c1ccccc1)c1cc(-c3ccc4c(c3)c3ccc(-c5nc(-c6ccccc6)nc(-c6ccccc6)n5)cc3n4-c3ccc(C#N)cc3-c3nc(-c4ccccc4)nc(-c4ccccc4)n3)cc3c1B2c1ccc(C(C)(C)C)cc1N3c1ccccc1. The van der Waals surface area contributed by atoms with Gasteiger partial charge in [0, 0.05) is 78.3 Å². The van der Waals surface area contributed by atoms with E-state index in [0.29, 0.717) is 46.1 Å². The highest BCUT2D eigenvalue weighted by Crippen LogP contribution is 2.49. The molecular weight excluding hydrogens is 1200 g/mol. The zero-order chi connectivity index (χ0) is 66.4. The van der Waals surface area contributed by atoms with E-state index < -0.39 is 0 Å². The van der Waals surface area contributed by atoms with Crippen molar-refractivity contribution in [3.05, 3.63) is 302 Å². The molecule has 0 aliphatic carbocycles. The predicted molar refractivity (Wildman–Crippen MR) is 402 cm³/mol. The molecule has 0 N–H and O–H groups in total. The van der Waals surface area contributed by atoms with Crippen LogP contribution in [0, 0.1) is 11.3 Å². The first-order valence-electron chi connectivity index (χ1n) is 33.3. The number of benzene rings is 12. The number of hydrogen-bond acceptors (Lipinski definition) is 9. The number of rotatable bonds is 10. The van der Waals surface area contributed by atoms with E-state index in [0.717, 1.165) is 89.2 Å². The Hall–Kier alpha value is -12.4. The molecule has 0 atom stereocenters. The van der Waals surface area contributed by atoms with Gasteiger partial charge in [-0.05, 0) is 134 Å². The zero-order valence-electron chi connectivity index (χ0n) is 55.2. The average Bonchev–Trinajstić information content (AvgIpc) is 0.762. The first kappa shape index (κ1) is 59.4. The highest BCUT2D eigenvalue weighted by atomic mass is 15.2. The van der Waals surface area contributed by atoms with Gasteiger partial charge in [-0.25, -0.2) is 29.9 Å². The third kappa shape index (κ3) is 10.4. The molecule has 0 bridgehead atoms. The lowest BCUT2D eigenvalue weighted by atomic mass is 9.33. The smallest absolute Gasteiger partial charge is 0.252 e. The Balaban J connectivity index is 0.944. The Morgan fingerprint density at radius 3 is 1.17 bits per heavy atom. The fourth-order valence-electron chi connectivity index (χ4n) is 14.2. The molecule has 466 valence electrons. The Bertz CT molecular complexity index is 5420. The fourth-order valence-corrected chi connectivity index (χ4v) is 14.2. The van der Waals surface area contributed by atoms with E-state index in [-0.39, 0.29) is 17.5 Å². The second-order valence-corrected chi connectivity index (χ2v) is 27.5. The van der Waals surface area contributed by atoms with Crippen molar-refractivity contribution in [3.63, 3.8) is 0 Å². The second kappa shape index (κ2) is 23.5. The number of aromatic nitrogens is 7. The molecule has 2 aliphatic rings. The molecule has 0 saturated heterocycles. The molecule has 0 saturated carbocycles. The monoisotopic (exact) mass is 1260 g/mol. The van der Waals surface area contributed by atoms with Crippen LogP contribution in [-0.2, 0) is 10.8 Å². The van der Waals surface area contributed by atoms with Crippen LogP contribution in [0.15, 0.2) is 285 Å². The number of nitrogens with zero attached hydrogens (tertiary/aromatic N) is 10. The first-order valence-corrected chi connectivity index (χ1v) is 33.3. The zero-order valence-corrected chi connectivity index (χ0v) is 55.2. The lowest BCUT2D eigenvalue weighted by Crippen LogP contribution is -2.61. The number of hydrogen-bond donors (Lipinski definition) is 0. The summed E-state index contributed by atoms with van der Waals surface area (Å²) >= 11 is 0. The summed E-state index contributed by atoms with van der Waals surface area (Å²) in [6.07, 6.45) is 0. The molecule has 5 heterocycles. The van der Waals surface area contributed by atoms with Gasteiger partial charge >= 0.3 is 0 Å². The number of fused-ring (bicyclic) bond motifs is 7. The van der Waals surface area contributed by atoms with E-state index >= 15 is 0 Å². The summed E-state index contributed by atoms with van der Waals surface area (Å²) in [6.45, 7) is 13.8. The molecule has 0 radical (unpaired) electrons. The molecular formula is C87H65BN10. The average molecular weight is 1260 g/mol. The van der Waals surface area contributed by atoms with E-state index in [1.165, 1.54) is 38.9 Å².